The van der Waals surface area contributed by atoms with Crippen LogP contribution in [0.5, 0.6) is 0 Å². The summed E-state index contributed by atoms with van der Waals surface area (Å²) in [5, 5.41) is 2.78. The Morgan fingerprint density at radius 3 is 2.66 bits per heavy atom. The zero-order valence-corrected chi connectivity index (χ0v) is 19.9. The van der Waals surface area contributed by atoms with Gasteiger partial charge in [0, 0.05) is 11.1 Å². The Hall–Kier alpha value is -4.17. The van der Waals surface area contributed by atoms with E-state index in [1.807, 2.05) is 43.3 Å². The van der Waals surface area contributed by atoms with E-state index in [0.29, 0.717) is 27.4 Å². The average Bonchev–Trinajstić information content (AvgIpc) is 3.45. The molecule has 3 heterocycles. The first-order valence-electron chi connectivity index (χ1n) is 11.0. The number of amides is 1. The number of aryl methyl sites for hydroxylation is 1. The molecular formula is C27H21N3O4S. The van der Waals surface area contributed by atoms with Crippen LogP contribution in [0.3, 0.4) is 0 Å². The van der Waals surface area contributed by atoms with Crippen molar-refractivity contribution in [2.75, 3.05) is 5.32 Å². The van der Waals surface area contributed by atoms with Crippen molar-refractivity contribution in [1.29, 1.82) is 0 Å². The zero-order valence-electron chi connectivity index (χ0n) is 19.1. The number of fused-ring (bicyclic) bond motifs is 1. The number of nitrogens with one attached hydrogen (secondary N) is 1. The molecule has 174 valence electrons. The number of ketones is 1. The first kappa shape index (κ1) is 22.6. The molecule has 1 amide bonds. The minimum Gasteiger partial charge on any atom is -0.453 e. The van der Waals surface area contributed by atoms with Gasteiger partial charge in [-0.15, -0.1) is 11.3 Å². The fraction of sp³-hybridized carbons (Fsp3) is 0.148. The van der Waals surface area contributed by atoms with Crippen LogP contribution < -0.4 is 5.32 Å². The van der Waals surface area contributed by atoms with Gasteiger partial charge in [0.1, 0.15) is 11.8 Å². The van der Waals surface area contributed by atoms with E-state index < -0.39 is 12.1 Å². The third-order valence-electron chi connectivity index (χ3n) is 5.67. The number of nitrogens with zero attached hydrogens (tertiary/aromatic N) is 2. The number of Topliss-reactive ketones (excluding diaryl/α,β-unsaturated/α-hetero) is 1. The molecule has 0 aliphatic carbocycles. The number of aromatic nitrogens is 2. The molecule has 35 heavy (non-hydrogen) atoms. The summed E-state index contributed by atoms with van der Waals surface area (Å²) in [7, 11) is 0. The highest BCUT2D eigenvalue weighted by atomic mass is 32.1. The van der Waals surface area contributed by atoms with Crippen molar-refractivity contribution >= 4 is 34.8 Å². The van der Waals surface area contributed by atoms with Gasteiger partial charge in [0.15, 0.2) is 11.6 Å². The molecular weight excluding hydrogens is 462 g/mol. The molecule has 1 atom stereocenters. The summed E-state index contributed by atoms with van der Waals surface area (Å²) in [5.74, 6) is -0.528. The molecule has 1 aliphatic heterocycles. The first-order valence-corrected chi connectivity index (χ1v) is 11.9. The number of cyclic esters (lactones) is 1. The van der Waals surface area contributed by atoms with Crippen LogP contribution in [-0.4, -0.2) is 27.6 Å². The van der Waals surface area contributed by atoms with E-state index >= 15 is 0 Å². The minimum absolute atomic E-state index is 0.0258. The molecule has 0 fully saturated rings. The van der Waals surface area contributed by atoms with Crippen LogP contribution in [0, 0.1) is 6.92 Å². The van der Waals surface area contributed by atoms with Gasteiger partial charge in [-0.05, 0) is 38.1 Å². The number of benzene rings is 2. The summed E-state index contributed by atoms with van der Waals surface area (Å²) in [6.07, 6.45) is 0.827. The van der Waals surface area contributed by atoms with Crippen molar-refractivity contribution in [2.24, 2.45) is 0 Å². The van der Waals surface area contributed by atoms with Gasteiger partial charge in [0.05, 0.1) is 33.6 Å². The molecule has 1 N–H and O–H groups in total. The topological polar surface area (TPSA) is 98.3 Å². The summed E-state index contributed by atoms with van der Waals surface area (Å²) < 4.78 is 5.38. The molecule has 5 rings (SSSR count). The maximum absolute atomic E-state index is 12.8. The van der Waals surface area contributed by atoms with Crippen LogP contribution >= 0.6 is 11.3 Å². The number of thiophene rings is 1. The molecule has 1 aliphatic rings. The highest BCUT2D eigenvalue weighted by Gasteiger charge is 2.32. The van der Waals surface area contributed by atoms with Crippen LogP contribution in [0.1, 0.15) is 50.6 Å². The number of anilines is 1. The molecule has 0 radical (unpaired) electrons. The predicted octanol–water partition coefficient (Wildman–Crippen LogP) is 5.62. The summed E-state index contributed by atoms with van der Waals surface area (Å²) in [4.78, 5) is 47.4. The molecule has 2 aromatic carbocycles. The molecule has 4 aromatic rings. The van der Waals surface area contributed by atoms with Crippen molar-refractivity contribution in [2.45, 2.75) is 26.4 Å². The highest BCUT2D eigenvalue weighted by molar-refractivity contribution is 7.17. The van der Waals surface area contributed by atoms with Gasteiger partial charge in [0.2, 0.25) is 5.91 Å². The number of hydrogen-bond donors (Lipinski definition) is 1. The lowest BCUT2D eigenvalue weighted by Crippen LogP contribution is -2.17. The van der Waals surface area contributed by atoms with Crippen LogP contribution in [0.15, 0.2) is 66.9 Å². The fourth-order valence-corrected chi connectivity index (χ4v) is 4.90. The predicted molar refractivity (Wildman–Crippen MR) is 133 cm³/mol. The van der Waals surface area contributed by atoms with E-state index in [1.54, 1.807) is 24.3 Å². The lowest BCUT2D eigenvalue weighted by atomic mass is 10.0. The Kier molecular flexibility index (Phi) is 5.96. The van der Waals surface area contributed by atoms with E-state index in [1.165, 1.54) is 24.5 Å². The zero-order chi connectivity index (χ0) is 24.5. The maximum atomic E-state index is 12.8. The lowest BCUT2D eigenvalue weighted by molar-refractivity contribution is -0.118. The number of hydrogen-bond acceptors (Lipinski definition) is 7. The molecule has 8 heteroatoms. The van der Waals surface area contributed by atoms with Gasteiger partial charge in [0.25, 0.3) is 0 Å². The second-order valence-electron chi connectivity index (χ2n) is 8.28. The first-order chi connectivity index (χ1) is 16.9. The van der Waals surface area contributed by atoms with E-state index in [4.69, 9.17) is 9.72 Å². The highest BCUT2D eigenvalue weighted by Crippen LogP contribution is 2.36. The quantitative estimate of drug-likeness (QED) is 0.282. The van der Waals surface area contributed by atoms with Gasteiger partial charge in [-0.3, -0.25) is 14.6 Å². The summed E-state index contributed by atoms with van der Waals surface area (Å²) in [6, 6.07) is 18.6. The Morgan fingerprint density at radius 2 is 1.89 bits per heavy atom. The van der Waals surface area contributed by atoms with E-state index in [0.717, 1.165) is 16.0 Å². The van der Waals surface area contributed by atoms with Crippen LogP contribution in [0.4, 0.5) is 5.82 Å². The van der Waals surface area contributed by atoms with Gasteiger partial charge >= 0.3 is 5.97 Å². The normalized spacial score (nSPS) is 14.3. The van der Waals surface area contributed by atoms with Gasteiger partial charge < -0.3 is 10.1 Å². The number of rotatable bonds is 6. The molecule has 2 aromatic heterocycles. The van der Waals surface area contributed by atoms with Crippen LogP contribution in [0.25, 0.3) is 21.8 Å². The second-order valence-corrected chi connectivity index (χ2v) is 9.36. The Bertz CT molecular complexity index is 1480. The van der Waals surface area contributed by atoms with Crippen molar-refractivity contribution in [3.63, 3.8) is 0 Å². The summed E-state index contributed by atoms with van der Waals surface area (Å²) >= 11 is 1.33. The van der Waals surface area contributed by atoms with E-state index in [9.17, 15) is 14.4 Å². The third-order valence-corrected chi connectivity index (χ3v) is 6.86. The Morgan fingerprint density at radius 1 is 1.06 bits per heavy atom. The molecule has 1 unspecified atom stereocenters. The minimum atomic E-state index is -0.645. The van der Waals surface area contributed by atoms with Gasteiger partial charge in [-0.2, -0.15) is 0 Å². The van der Waals surface area contributed by atoms with E-state index in [2.05, 4.69) is 10.3 Å². The largest absolute Gasteiger partial charge is 0.453 e. The number of carbonyl (C=O) groups excluding carboxylic acids is 3. The average molecular weight is 484 g/mol. The monoisotopic (exact) mass is 483 g/mol. The number of esters is 1. The lowest BCUT2D eigenvalue weighted by Gasteiger charge is -2.13. The van der Waals surface area contributed by atoms with E-state index in [-0.39, 0.29) is 23.9 Å². The smallest absolute Gasteiger partial charge is 0.339 e. The summed E-state index contributed by atoms with van der Waals surface area (Å²) in [5.41, 5.74) is 4.37. The van der Waals surface area contributed by atoms with Crippen LogP contribution in [0.2, 0.25) is 0 Å². The SMILES string of the molecule is CC(=O)c1ccc(-c2nc(NC(=O)CC3OC(=O)c4ccccc43)cnc2-c2cccc(C)c2)s1. The number of ether oxygens (including phenoxy) is 1. The van der Waals surface area contributed by atoms with Crippen molar-refractivity contribution in [3.8, 4) is 21.8 Å². The van der Waals surface area contributed by atoms with Crippen molar-refractivity contribution < 1.29 is 19.1 Å². The van der Waals surface area contributed by atoms with Crippen molar-refractivity contribution in [3.05, 3.63) is 88.4 Å². The third kappa shape index (κ3) is 4.61. The molecule has 0 saturated carbocycles. The fourth-order valence-electron chi connectivity index (χ4n) is 4.01. The molecule has 0 bridgehead atoms. The van der Waals surface area contributed by atoms with Crippen molar-refractivity contribution in [1.82, 2.24) is 9.97 Å². The number of carbonyl (C=O) groups is 3. The van der Waals surface area contributed by atoms with Gasteiger partial charge in [-0.1, -0.05) is 42.0 Å². The Labute approximate surface area is 205 Å². The summed E-state index contributed by atoms with van der Waals surface area (Å²) in [6.45, 7) is 3.52. The molecule has 0 spiro atoms. The molecule has 0 saturated heterocycles. The maximum Gasteiger partial charge on any atom is 0.339 e. The molecule has 7 nitrogen and oxygen atoms in total. The second kappa shape index (κ2) is 9.23. The standard InChI is InChI=1S/C27H21N3O4S/c1-15-6-5-7-17(12-15)25-26(22-11-10-21(35-22)16(2)31)30-23(14-28-25)29-24(32)13-20-18-8-3-4-9-19(18)27(33)34-20/h3-12,14,20H,13H2,1-2H3,(H,29,30,32). The van der Waals surface area contributed by atoms with Crippen LogP contribution in [-0.2, 0) is 9.53 Å². The van der Waals surface area contributed by atoms with Gasteiger partial charge in [-0.25, -0.2) is 9.78 Å². The Balaban J connectivity index is 1.44.